The Labute approximate surface area is 72.6 Å². The summed E-state index contributed by atoms with van der Waals surface area (Å²) in [6, 6.07) is 0. The van der Waals surface area contributed by atoms with Crippen LogP contribution in [0.25, 0.3) is 0 Å². The number of imidazole rings is 1. The summed E-state index contributed by atoms with van der Waals surface area (Å²) < 4.78 is 1.64. The van der Waals surface area contributed by atoms with Crippen molar-refractivity contribution in [1.29, 1.82) is 0 Å². The number of hydrogen-bond acceptors (Lipinski definition) is 4. The number of nitrogens with zero attached hydrogens (tertiary/aromatic N) is 2. The molecule has 5 nitrogen and oxygen atoms in total. The van der Waals surface area contributed by atoms with Crippen LogP contribution in [0.1, 0.15) is 10.5 Å². The van der Waals surface area contributed by atoms with Crippen molar-refractivity contribution in [2.45, 2.75) is 11.7 Å². The lowest BCUT2D eigenvalue weighted by atomic mass is 10.4. The van der Waals surface area contributed by atoms with E-state index in [0.717, 1.165) is 5.75 Å². The van der Waals surface area contributed by atoms with E-state index < -0.39 is 5.97 Å². The van der Waals surface area contributed by atoms with Crippen molar-refractivity contribution >= 4 is 23.5 Å². The van der Waals surface area contributed by atoms with Crippen LogP contribution in [0, 0.1) is 0 Å². The highest BCUT2D eigenvalue weighted by Gasteiger charge is 2.24. The molecule has 0 spiro atoms. The molecule has 0 saturated heterocycles. The molecule has 0 bridgehead atoms. The third kappa shape index (κ3) is 0.878. The first-order valence-electron chi connectivity index (χ1n) is 3.42. The summed E-state index contributed by atoms with van der Waals surface area (Å²) in [5.41, 5.74) is 5.55. The predicted octanol–water partition coefficient (Wildman–Crippen LogP) is 0.269. The summed E-state index contributed by atoms with van der Waals surface area (Å²) in [6.07, 6.45) is 0. The van der Waals surface area contributed by atoms with E-state index in [2.05, 4.69) is 4.98 Å². The van der Waals surface area contributed by atoms with Gasteiger partial charge in [-0.15, -0.1) is 0 Å². The minimum atomic E-state index is -1.01. The normalized spacial score (nSPS) is 14.7. The zero-order valence-electron chi connectivity index (χ0n) is 6.15. The maximum absolute atomic E-state index is 10.7. The van der Waals surface area contributed by atoms with Gasteiger partial charge in [0.1, 0.15) is 0 Å². The van der Waals surface area contributed by atoms with Crippen molar-refractivity contribution < 1.29 is 9.90 Å². The number of carbonyl (C=O) groups is 1. The molecule has 1 aromatic rings. The van der Waals surface area contributed by atoms with Gasteiger partial charge >= 0.3 is 5.97 Å². The SMILES string of the molecule is Nc1nc2n(c1C(=O)O)CCS2. The number of aromatic carboxylic acids is 1. The molecule has 0 unspecified atom stereocenters. The molecule has 0 atom stereocenters. The molecule has 2 rings (SSSR count). The smallest absolute Gasteiger partial charge is 0.356 e. The molecule has 1 aliphatic heterocycles. The Kier molecular flexibility index (Phi) is 1.50. The summed E-state index contributed by atoms with van der Waals surface area (Å²) in [4.78, 5) is 14.6. The van der Waals surface area contributed by atoms with Crippen LogP contribution in [0.3, 0.4) is 0 Å². The van der Waals surface area contributed by atoms with Crippen molar-refractivity contribution in [1.82, 2.24) is 9.55 Å². The Morgan fingerprint density at radius 2 is 2.50 bits per heavy atom. The van der Waals surface area contributed by atoms with Gasteiger partial charge in [-0.05, 0) is 0 Å². The molecule has 0 aliphatic carbocycles. The second kappa shape index (κ2) is 2.41. The van der Waals surface area contributed by atoms with Crippen LogP contribution in [0.15, 0.2) is 5.16 Å². The standard InChI is InChI=1S/C6H7N3O2S/c7-4-3(5(10)11)9-1-2-12-6(9)8-4/h1-2,7H2,(H,10,11). The molecule has 6 heteroatoms. The largest absolute Gasteiger partial charge is 0.476 e. The maximum atomic E-state index is 10.7. The van der Waals surface area contributed by atoms with Crippen LogP contribution in [0.2, 0.25) is 0 Å². The second-order valence-corrected chi connectivity index (χ2v) is 3.50. The van der Waals surface area contributed by atoms with Gasteiger partial charge in [-0.3, -0.25) is 0 Å². The fourth-order valence-electron chi connectivity index (χ4n) is 1.22. The van der Waals surface area contributed by atoms with Gasteiger partial charge in [0, 0.05) is 12.3 Å². The first-order chi connectivity index (χ1) is 5.70. The van der Waals surface area contributed by atoms with Gasteiger partial charge in [0.2, 0.25) is 0 Å². The molecule has 2 heterocycles. The molecule has 0 saturated carbocycles. The van der Waals surface area contributed by atoms with E-state index in [1.165, 1.54) is 11.8 Å². The number of rotatable bonds is 1. The number of thioether (sulfide) groups is 1. The third-order valence-corrected chi connectivity index (χ3v) is 2.66. The van der Waals surface area contributed by atoms with E-state index in [4.69, 9.17) is 10.8 Å². The van der Waals surface area contributed by atoms with Crippen molar-refractivity contribution in [3.8, 4) is 0 Å². The van der Waals surface area contributed by atoms with E-state index in [1.54, 1.807) is 4.57 Å². The molecular weight excluding hydrogens is 178 g/mol. The van der Waals surface area contributed by atoms with Crippen molar-refractivity contribution in [2.24, 2.45) is 0 Å². The lowest BCUT2D eigenvalue weighted by Gasteiger charge is -1.97. The molecule has 0 aromatic carbocycles. The number of aromatic nitrogens is 2. The lowest BCUT2D eigenvalue weighted by molar-refractivity contribution is 0.0686. The minimum absolute atomic E-state index is 0.115. The molecule has 0 radical (unpaired) electrons. The summed E-state index contributed by atoms with van der Waals surface area (Å²) >= 11 is 1.53. The fraction of sp³-hybridized carbons (Fsp3) is 0.333. The molecule has 3 N–H and O–H groups in total. The van der Waals surface area contributed by atoms with E-state index in [0.29, 0.717) is 11.7 Å². The molecule has 64 valence electrons. The van der Waals surface area contributed by atoms with Crippen LogP contribution in [-0.2, 0) is 6.54 Å². The maximum Gasteiger partial charge on any atom is 0.356 e. The minimum Gasteiger partial charge on any atom is -0.476 e. The van der Waals surface area contributed by atoms with Gasteiger partial charge < -0.3 is 15.4 Å². The Morgan fingerprint density at radius 1 is 1.75 bits per heavy atom. The van der Waals surface area contributed by atoms with Crippen LogP contribution in [-0.4, -0.2) is 26.4 Å². The Bertz CT molecular complexity index is 347. The van der Waals surface area contributed by atoms with Gasteiger partial charge in [0.15, 0.2) is 16.7 Å². The highest BCUT2D eigenvalue weighted by Crippen LogP contribution is 2.28. The number of nitrogens with two attached hydrogens (primary N) is 1. The lowest BCUT2D eigenvalue weighted by Crippen LogP contribution is -2.09. The van der Waals surface area contributed by atoms with Crippen LogP contribution < -0.4 is 5.73 Å². The number of carboxylic acid groups (broad SMARTS) is 1. The number of anilines is 1. The average molecular weight is 185 g/mol. The molecule has 0 fully saturated rings. The third-order valence-electron chi connectivity index (χ3n) is 1.71. The quantitative estimate of drug-likeness (QED) is 0.656. The topological polar surface area (TPSA) is 81.1 Å². The van der Waals surface area contributed by atoms with E-state index in [1.807, 2.05) is 0 Å². The van der Waals surface area contributed by atoms with Crippen LogP contribution in [0.5, 0.6) is 0 Å². The Balaban J connectivity index is 2.59. The first kappa shape index (κ1) is 7.48. The van der Waals surface area contributed by atoms with Crippen molar-refractivity contribution in [2.75, 3.05) is 11.5 Å². The molecular formula is C6H7N3O2S. The zero-order chi connectivity index (χ0) is 8.72. The van der Waals surface area contributed by atoms with E-state index in [-0.39, 0.29) is 11.5 Å². The van der Waals surface area contributed by atoms with Gasteiger partial charge in [0.05, 0.1) is 0 Å². The summed E-state index contributed by atoms with van der Waals surface area (Å²) in [7, 11) is 0. The monoisotopic (exact) mass is 185 g/mol. The zero-order valence-corrected chi connectivity index (χ0v) is 6.97. The van der Waals surface area contributed by atoms with Gasteiger partial charge in [-0.25, -0.2) is 9.78 Å². The Hall–Kier alpha value is -1.17. The number of nitrogen functional groups attached to an aromatic ring is 1. The molecule has 12 heavy (non-hydrogen) atoms. The van der Waals surface area contributed by atoms with Crippen molar-refractivity contribution in [3.05, 3.63) is 5.69 Å². The van der Waals surface area contributed by atoms with E-state index in [9.17, 15) is 4.79 Å². The summed E-state index contributed by atoms with van der Waals surface area (Å²) in [5.74, 6) is -0.0125. The van der Waals surface area contributed by atoms with Crippen LogP contribution in [0.4, 0.5) is 5.82 Å². The first-order valence-corrected chi connectivity index (χ1v) is 4.41. The van der Waals surface area contributed by atoms with E-state index >= 15 is 0 Å². The molecule has 1 aromatic heterocycles. The number of carboxylic acids is 1. The highest BCUT2D eigenvalue weighted by atomic mass is 32.2. The number of hydrogen-bond donors (Lipinski definition) is 2. The number of fused-ring (bicyclic) bond motifs is 1. The van der Waals surface area contributed by atoms with Gasteiger partial charge in [-0.1, -0.05) is 11.8 Å². The predicted molar refractivity (Wildman–Crippen MR) is 44.3 cm³/mol. The second-order valence-electron chi connectivity index (χ2n) is 2.43. The Morgan fingerprint density at radius 3 is 3.17 bits per heavy atom. The highest BCUT2D eigenvalue weighted by molar-refractivity contribution is 7.99. The van der Waals surface area contributed by atoms with Crippen molar-refractivity contribution in [3.63, 3.8) is 0 Å². The molecule has 0 amide bonds. The molecule has 1 aliphatic rings. The summed E-state index contributed by atoms with van der Waals surface area (Å²) in [5, 5.41) is 9.48. The fourth-order valence-corrected chi connectivity index (χ4v) is 2.18. The van der Waals surface area contributed by atoms with Gasteiger partial charge in [-0.2, -0.15) is 0 Å². The van der Waals surface area contributed by atoms with Gasteiger partial charge in [0.25, 0.3) is 0 Å². The van der Waals surface area contributed by atoms with Crippen LogP contribution >= 0.6 is 11.8 Å². The summed E-state index contributed by atoms with van der Waals surface area (Å²) in [6.45, 7) is 0.686. The average Bonchev–Trinajstić information content (AvgIpc) is 2.44.